The average molecular weight is 601 g/mol. The predicted octanol–water partition coefficient (Wildman–Crippen LogP) is 7.11. The molecular formula is C28H24BrCl2N3O3. The van der Waals surface area contributed by atoms with Gasteiger partial charge < -0.3 is 13.9 Å². The van der Waals surface area contributed by atoms with Crippen LogP contribution < -0.4 is 15.2 Å². The number of aromatic nitrogens is 2. The van der Waals surface area contributed by atoms with E-state index in [0.717, 1.165) is 27.2 Å². The SMILES string of the molecule is COc1ccc(Cn2cc(N3C(=O)c4cc(Br)n(C(C)C)c4C3c3ccc(Cl)cc3)cc(Cl)c2=O)cc1. The number of rotatable bonds is 6. The Morgan fingerprint density at radius 3 is 2.30 bits per heavy atom. The molecule has 0 saturated heterocycles. The molecular weight excluding hydrogens is 577 g/mol. The van der Waals surface area contributed by atoms with Crippen LogP contribution in [0, 0.1) is 0 Å². The first kappa shape index (κ1) is 25.6. The third-order valence-electron chi connectivity index (χ3n) is 6.52. The lowest BCUT2D eigenvalue weighted by atomic mass is 10.0. The first-order chi connectivity index (χ1) is 17.7. The van der Waals surface area contributed by atoms with Gasteiger partial charge in [-0.1, -0.05) is 47.5 Å². The lowest BCUT2D eigenvalue weighted by molar-refractivity contribution is 0.0993. The van der Waals surface area contributed by atoms with E-state index in [1.807, 2.05) is 54.6 Å². The summed E-state index contributed by atoms with van der Waals surface area (Å²) in [5.41, 5.74) is 3.47. The zero-order valence-corrected chi connectivity index (χ0v) is 23.5. The van der Waals surface area contributed by atoms with E-state index in [4.69, 9.17) is 27.9 Å². The van der Waals surface area contributed by atoms with Crippen molar-refractivity contribution >= 4 is 50.7 Å². The van der Waals surface area contributed by atoms with Crippen molar-refractivity contribution in [3.05, 3.63) is 114 Å². The second-order valence-corrected chi connectivity index (χ2v) is 10.8. The van der Waals surface area contributed by atoms with Crippen LogP contribution in [0.15, 0.2) is 76.3 Å². The topological polar surface area (TPSA) is 56.5 Å². The summed E-state index contributed by atoms with van der Waals surface area (Å²) < 4.78 is 9.71. The van der Waals surface area contributed by atoms with Crippen LogP contribution >= 0.6 is 39.1 Å². The lowest BCUT2D eigenvalue weighted by Crippen LogP contribution is -2.32. The first-order valence-electron chi connectivity index (χ1n) is 11.7. The second kappa shape index (κ2) is 10.0. The van der Waals surface area contributed by atoms with Crippen LogP contribution in [0.4, 0.5) is 5.69 Å². The summed E-state index contributed by atoms with van der Waals surface area (Å²) in [5.74, 6) is 0.562. The largest absolute Gasteiger partial charge is 0.497 e. The number of amides is 1. The van der Waals surface area contributed by atoms with Gasteiger partial charge in [0.25, 0.3) is 11.5 Å². The molecule has 2 aromatic heterocycles. The fourth-order valence-electron chi connectivity index (χ4n) is 4.83. The molecule has 4 aromatic rings. The minimum Gasteiger partial charge on any atom is -0.497 e. The van der Waals surface area contributed by atoms with Crippen LogP contribution in [0.1, 0.15) is 53.1 Å². The quantitative estimate of drug-likeness (QED) is 0.237. The maximum atomic E-state index is 13.9. The molecule has 0 saturated carbocycles. The summed E-state index contributed by atoms with van der Waals surface area (Å²) in [6.07, 6.45) is 1.69. The van der Waals surface area contributed by atoms with Gasteiger partial charge in [-0.05, 0) is 77.3 Å². The maximum Gasteiger partial charge on any atom is 0.269 e. The smallest absolute Gasteiger partial charge is 0.269 e. The Hall–Kier alpha value is -3.00. The van der Waals surface area contributed by atoms with E-state index in [-0.39, 0.29) is 22.5 Å². The van der Waals surface area contributed by atoms with Gasteiger partial charge in [0.15, 0.2) is 0 Å². The summed E-state index contributed by atoms with van der Waals surface area (Å²) in [4.78, 5) is 28.6. The molecule has 1 aliphatic heterocycles. The van der Waals surface area contributed by atoms with Gasteiger partial charge in [-0.2, -0.15) is 0 Å². The summed E-state index contributed by atoms with van der Waals surface area (Å²) in [7, 11) is 1.60. The summed E-state index contributed by atoms with van der Waals surface area (Å²) in [5, 5.41) is 0.648. The fraction of sp³-hybridized carbons (Fsp3) is 0.214. The molecule has 0 spiro atoms. The van der Waals surface area contributed by atoms with Crippen LogP contribution in [0.2, 0.25) is 10.0 Å². The Balaban J connectivity index is 1.65. The molecule has 0 radical (unpaired) electrons. The number of pyridine rings is 1. The molecule has 0 bridgehead atoms. The van der Waals surface area contributed by atoms with E-state index in [0.29, 0.717) is 22.8 Å². The molecule has 1 atom stereocenters. The monoisotopic (exact) mass is 599 g/mol. The predicted molar refractivity (Wildman–Crippen MR) is 150 cm³/mol. The van der Waals surface area contributed by atoms with Gasteiger partial charge in [0.2, 0.25) is 0 Å². The summed E-state index contributed by atoms with van der Waals surface area (Å²) >= 11 is 16.3. The van der Waals surface area contributed by atoms with Crippen LogP contribution in [0.25, 0.3) is 0 Å². The second-order valence-electron chi connectivity index (χ2n) is 9.19. The molecule has 5 rings (SSSR count). The Morgan fingerprint density at radius 2 is 1.68 bits per heavy atom. The molecule has 1 unspecified atom stereocenters. The van der Waals surface area contributed by atoms with E-state index in [1.165, 1.54) is 4.57 Å². The lowest BCUT2D eigenvalue weighted by Gasteiger charge is -2.29. The number of hydrogen-bond acceptors (Lipinski definition) is 3. The molecule has 37 heavy (non-hydrogen) atoms. The fourth-order valence-corrected chi connectivity index (χ4v) is 6.01. The molecule has 1 amide bonds. The normalized spacial score (nSPS) is 14.9. The number of halogens is 3. The third kappa shape index (κ3) is 4.60. The number of carbonyl (C=O) groups is 1. The van der Waals surface area contributed by atoms with Crippen molar-refractivity contribution in [3.63, 3.8) is 0 Å². The molecule has 0 aliphatic carbocycles. The Kier molecular flexibility index (Phi) is 6.96. The number of anilines is 1. The van der Waals surface area contributed by atoms with Gasteiger partial charge in [-0.3, -0.25) is 14.5 Å². The van der Waals surface area contributed by atoms with Crippen molar-refractivity contribution in [2.24, 2.45) is 0 Å². The van der Waals surface area contributed by atoms with Gasteiger partial charge in [0.05, 0.1) is 35.2 Å². The van der Waals surface area contributed by atoms with Gasteiger partial charge in [0, 0.05) is 17.3 Å². The number of nitrogens with zero attached hydrogens (tertiary/aromatic N) is 3. The van der Waals surface area contributed by atoms with E-state index < -0.39 is 6.04 Å². The number of ether oxygens (including phenoxy) is 1. The highest BCUT2D eigenvalue weighted by molar-refractivity contribution is 9.10. The van der Waals surface area contributed by atoms with Gasteiger partial charge in [0.1, 0.15) is 16.8 Å². The minimum absolute atomic E-state index is 0.0400. The molecule has 0 N–H and O–H groups in total. The van der Waals surface area contributed by atoms with Gasteiger partial charge >= 0.3 is 0 Å². The molecule has 3 heterocycles. The number of methoxy groups -OCH3 is 1. The number of fused-ring (bicyclic) bond motifs is 1. The van der Waals surface area contributed by atoms with Crippen molar-refractivity contribution in [3.8, 4) is 5.75 Å². The van der Waals surface area contributed by atoms with E-state index in [1.54, 1.807) is 24.3 Å². The zero-order valence-electron chi connectivity index (χ0n) is 20.4. The Labute approximate surface area is 233 Å². The molecule has 1 aliphatic rings. The van der Waals surface area contributed by atoms with Crippen LogP contribution in [0.3, 0.4) is 0 Å². The highest BCUT2D eigenvalue weighted by atomic mass is 79.9. The van der Waals surface area contributed by atoms with Gasteiger partial charge in [-0.25, -0.2) is 0 Å². The van der Waals surface area contributed by atoms with E-state index >= 15 is 0 Å². The van der Waals surface area contributed by atoms with Crippen molar-refractivity contribution in [1.29, 1.82) is 0 Å². The standard InChI is InChI=1S/C28H24BrCl2N3O3/c1-16(2)33-24(29)13-22-26(33)25(18-6-8-19(30)9-7-18)34(27(22)35)20-12-23(31)28(36)32(15-20)14-17-4-10-21(37-3)11-5-17/h4-13,15-16,25H,14H2,1-3H3. The van der Waals surface area contributed by atoms with Crippen LogP contribution in [0.5, 0.6) is 5.75 Å². The maximum absolute atomic E-state index is 13.9. The number of carbonyl (C=O) groups excluding carboxylic acids is 1. The highest BCUT2D eigenvalue weighted by Gasteiger charge is 2.43. The minimum atomic E-state index is -0.434. The number of benzene rings is 2. The van der Waals surface area contributed by atoms with Crippen molar-refractivity contribution in [2.45, 2.75) is 32.5 Å². The average Bonchev–Trinajstić information content (AvgIpc) is 3.35. The van der Waals surface area contributed by atoms with Crippen LogP contribution in [-0.2, 0) is 6.54 Å². The number of hydrogen-bond donors (Lipinski definition) is 0. The third-order valence-corrected chi connectivity index (χ3v) is 7.65. The molecule has 6 nitrogen and oxygen atoms in total. The highest BCUT2D eigenvalue weighted by Crippen LogP contribution is 2.45. The van der Waals surface area contributed by atoms with E-state index in [9.17, 15) is 9.59 Å². The van der Waals surface area contributed by atoms with Crippen molar-refractivity contribution < 1.29 is 9.53 Å². The van der Waals surface area contributed by atoms with Crippen molar-refractivity contribution in [1.82, 2.24) is 9.13 Å². The Morgan fingerprint density at radius 1 is 1.00 bits per heavy atom. The summed E-state index contributed by atoms with van der Waals surface area (Å²) in [6, 6.07) is 18.0. The summed E-state index contributed by atoms with van der Waals surface area (Å²) in [6.45, 7) is 4.44. The molecule has 0 fully saturated rings. The molecule has 190 valence electrons. The molecule has 2 aromatic carbocycles. The van der Waals surface area contributed by atoms with Crippen molar-refractivity contribution in [2.75, 3.05) is 12.0 Å². The Bertz CT molecular complexity index is 1540. The zero-order chi connectivity index (χ0) is 26.4. The molecule has 9 heteroatoms. The first-order valence-corrected chi connectivity index (χ1v) is 13.3. The van der Waals surface area contributed by atoms with E-state index in [2.05, 4.69) is 34.3 Å². The van der Waals surface area contributed by atoms with Crippen LogP contribution in [-0.4, -0.2) is 22.2 Å². The van der Waals surface area contributed by atoms with Gasteiger partial charge in [-0.15, -0.1) is 0 Å².